The van der Waals surface area contributed by atoms with Crippen LogP contribution in [0.2, 0.25) is 0 Å². The van der Waals surface area contributed by atoms with Crippen LogP contribution in [0.1, 0.15) is 30.9 Å². The van der Waals surface area contributed by atoms with Crippen molar-refractivity contribution in [2.45, 2.75) is 26.4 Å². The SMILES string of the molecule is CCCCN1C(=O)/C(=C\c2ccc(OC)c(COc3ccc4ccccc4c3)c2)NC1=S. The number of hydrogen-bond donors (Lipinski definition) is 1. The van der Waals surface area contributed by atoms with Crippen molar-refractivity contribution in [2.24, 2.45) is 0 Å². The predicted molar refractivity (Wildman–Crippen MR) is 132 cm³/mol. The molecule has 0 unspecified atom stereocenters. The van der Waals surface area contributed by atoms with Gasteiger partial charge in [0.05, 0.1) is 7.11 Å². The summed E-state index contributed by atoms with van der Waals surface area (Å²) in [4.78, 5) is 14.3. The van der Waals surface area contributed by atoms with Crippen LogP contribution in [-0.2, 0) is 11.4 Å². The van der Waals surface area contributed by atoms with E-state index in [1.807, 2.05) is 54.6 Å². The first kappa shape index (κ1) is 21.8. The summed E-state index contributed by atoms with van der Waals surface area (Å²) >= 11 is 5.33. The van der Waals surface area contributed by atoms with Crippen molar-refractivity contribution in [2.75, 3.05) is 13.7 Å². The van der Waals surface area contributed by atoms with Crippen molar-refractivity contribution < 1.29 is 14.3 Å². The summed E-state index contributed by atoms with van der Waals surface area (Å²) in [5, 5.41) is 5.80. The summed E-state index contributed by atoms with van der Waals surface area (Å²) in [6.07, 6.45) is 3.74. The Kier molecular flexibility index (Phi) is 6.71. The molecule has 164 valence electrons. The molecule has 6 heteroatoms. The molecule has 3 aromatic rings. The van der Waals surface area contributed by atoms with Crippen molar-refractivity contribution in [1.29, 1.82) is 0 Å². The third kappa shape index (κ3) is 4.75. The third-order valence-electron chi connectivity index (χ3n) is 5.43. The van der Waals surface area contributed by atoms with Crippen LogP contribution in [0.25, 0.3) is 16.8 Å². The van der Waals surface area contributed by atoms with Gasteiger partial charge in [0, 0.05) is 12.1 Å². The number of amides is 1. The number of hydrogen-bond acceptors (Lipinski definition) is 4. The molecule has 3 aromatic carbocycles. The Balaban J connectivity index is 1.53. The molecule has 0 aromatic heterocycles. The van der Waals surface area contributed by atoms with E-state index in [1.165, 1.54) is 5.39 Å². The van der Waals surface area contributed by atoms with Gasteiger partial charge in [0.15, 0.2) is 5.11 Å². The van der Waals surface area contributed by atoms with Crippen molar-refractivity contribution in [3.63, 3.8) is 0 Å². The van der Waals surface area contributed by atoms with Gasteiger partial charge in [-0.2, -0.15) is 0 Å². The number of ether oxygens (including phenoxy) is 2. The van der Waals surface area contributed by atoms with Crippen LogP contribution in [0.4, 0.5) is 0 Å². The van der Waals surface area contributed by atoms with Crippen LogP contribution in [0.3, 0.4) is 0 Å². The second kappa shape index (κ2) is 9.83. The molecule has 1 saturated heterocycles. The van der Waals surface area contributed by atoms with Gasteiger partial charge in [-0.3, -0.25) is 9.69 Å². The average molecular weight is 447 g/mol. The van der Waals surface area contributed by atoms with Gasteiger partial charge in [-0.15, -0.1) is 0 Å². The highest BCUT2D eigenvalue weighted by Crippen LogP contribution is 2.26. The second-order valence-electron chi connectivity index (χ2n) is 7.67. The van der Waals surface area contributed by atoms with E-state index in [1.54, 1.807) is 12.0 Å². The highest BCUT2D eigenvalue weighted by atomic mass is 32.1. The molecule has 1 aliphatic heterocycles. The van der Waals surface area contributed by atoms with Gasteiger partial charge in [-0.25, -0.2) is 0 Å². The normalized spacial score (nSPS) is 14.8. The van der Waals surface area contributed by atoms with Crippen molar-refractivity contribution >= 4 is 40.1 Å². The lowest BCUT2D eigenvalue weighted by atomic mass is 10.1. The molecule has 0 bridgehead atoms. The summed E-state index contributed by atoms with van der Waals surface area (Å²) in [6, 6.07) is 20.0. The topological polar surface area (TPSA) is 50.8 Å². The van der Waals surface area contributed by atoms with Crippen molar-refractivity contribution in [1.82, 2.24) is 10.2 Å². The monoisotopic (exact) mass is 446 g/mol. The standard InChI is InChI=1S/C26H26N2O3S/c1-3-4-13-28-25(29)23(27-26(28)32)15-18-9-12-24(30-2)21(14-18)17-31-22-11-10-19-7-5-6-8-20(19)16-22/h5-12,14-16H,3-4,13,17H2,1-2H3,(H,27,32)/b23-15+. The van der Waals surface area contributed by atoms with Gasteiger partial charge in [0.1, 0.15) is 23.8 Å². The molecular formula is C26H26N2O3S. The Morgan fingerprint density at radius 3 is 2.66 bits per heavy atom. The summed E-state index contributed by atoms with van der Waals surface area (Å²) in [6.45, 7) is 3.07. The molecule has 1 fully saturated rings. The van der Waals surface area contributed by atoms with E-state index in [4.69, 9.17) is 21.7 Å². The molecule has 1 amide bonds. The maximum Gasteiger partial charge on any atom is 0.276 e. The minimum absolute atomic E-state index is 0.0896. The third-order valence-corrected chi connectivity index (χ3v) is 5.75. The average Bonchev–Trinajstić information content (AvgIpc) is 3.08. The number of methoxy groups -OCH3 is 1. The first-order valence-corrected chi connectivity index (χ1v) is 11.1. The minimum atomic E-state index is -0.0896. The molecule has 0 atom stereocenters. The Labute approximate surface area is 193 Å². The molecule has 0 radical (unpaired) electrons. The number of fused-ring (bicyclic) bond motifs is 1. The lowest BCUT2D eigenvalue weighted by Gasteiger charge is -2.12. The predicted octanol–water partition coefficient (Wildman–Crippen LogP) is 5.29. The first-order chi connectivity index (χ1) is 15.6. The molecule has 0 saturated carbocycles. The molecule has 4 rings (SSSR count). The summed E-state index contributed by atoms with van der Waals surface area (Å²) in [5.41, 5.74) is 2.25. The van der Waals surface area contributed by atoms with E-state index in [0.29, 0.717) is 24.0 Å². The molecule has 1 aliphatic rings. The van der Waals surface area contributed by atoms with Crippen molar-refractivity contribution in [3.05, 3.63) is 77.5 Å². The summed E-state index contributed by atoms with van der Waals surface area (Å²) in [5.74, 6) is 1.44. The molecule has 1 N–H and O–H groups in total. The maximum absolute atomic E-state index is 12.7. The van der Waals surface area contributed by atoms with E-state index < -0.39 is 0 Å². The van der Waals surface area contributed by atoms with Gasteiger partial charge >= 0.3 is 0 Å². The Hall–Kier alpha value is -3.38. The van der Waals surface area contributed by atoms with Gasteiger partial charge in [-0.05, 0) is 65.3 Å². The lowest BCUT2D eigenvalue weighted by Crippen LogP contribution is -2.31. The van der Waals surface area contributed by atoms with Crippen LogP contribution >= 0.6 is 12.2 Å². The Morgan fingerprint density at radius 2 is 1.88 bits per heavy atom. The molecule has 5 nitrogen and oxygen atoms in total. The van der Waals surface area contributed by atoms with Crippen LogP contribution in [-0.4, -0.2) is 29.6 Å². The maximum atomic E-state index is 12.7. The number of carbonyl (C=O) groups excluding carboxylic acids is 1. The number of unbranched alkanes of at least 4 members (excludes halogenated alkanes) is 1. The van der Waals surface area contributed by atoms with Gasteiger partial charge in [0.2, 0.25) is 0 Å². The van der Waals surface area contributed by atoms with Crippen LogP contribution in [0.15, 0.2) is 66.4 Å². The van der Waals surface area contributed by atoms with E-state index in [-0.39, 0.29) is 5.91 Å². The zero-order valence-corrected chi connectivity index (χ0v) is 19.1. The van der Waals surface area contributed by atoms with Crippen LogP contribution < -0.4 is 14.8 Å². The smallest absolute Gasteiger partial charge is 0.276 e. The number of thiocarbonyl (C=S) groups is 1. The van der Waals surface area contributed by atoms with Crippen molar-refractivity contribution in [3.8, 4) is 11.5 Å². The number of carbonyl (C=O) groups is 1. The largest absolute Gasteiger partial charge is 0.496 e. The molecular weight excluding hydrogens is 420 g/mol. The lowest BCUT2D eigenvalue weighted by molar-refractivity contribution is -0.122. The summed E-state index contributed by atoms with van der Waals surface area (Å²) < 4.78 is 11.6. The fourth-order valence-corrected chi connectivity index (χ4v) is 3.96. The van der Waals surface area contributed by atoms with Gasteiger partial charge in [-0.1, -0.05) is 49.7 Å². The zero-order valence-electron chi connectivity index (χ0n) is 18.3. The highest BCUT2D eigenvalue weighted by Gasteiger charge is 2.29. The molecule has 32 heavy (non-hydrogen) atoms. The Morgan fingerprint density at radius 1 is 1.06 bits per heavy atom. The van der Waals surface area contributed by atoms with E-state index in [0.717, 1.165) is 40.9 Å². The second-order valence-corrected chi connectivity index (χ2v) is 8.05. The zero-order chi connectivity index (χ0) is 22.5. The Bertz CT molecular complexity index is 1190. The first-order valence-electron chi connectivity index (χ1n) is 10.7. The summed E-state index contributed by atoms with van der Waals surface area (Å²) in [7, 11) is 1.64. The molecule has 0 spiro atoms. The number of benzene rings is 3. The highest BCUT2D eigenvalue weighted by molar-refractivity contribution is 7.80. The van der Waals surface area contributed by atoms with E-state index >= 15 is 0 Å². The molecule has 0 aliphatic carbocycles. The quantitative estimate of drug-likeness (QED) is 0.377. The molecule has 1 heterocycles. The fourth-order valence-electron chi connectivity index (χ4n) is 3.68. The number of nitrogens with zero attached hydrogens (tertiary/aromatic N) is 1. The van der Waals surface area contributed by atoms with Crippen LogP contribution in [0.5, 0.6) is 11.5 Å². The minimum Gasteiger partial charge on any atom is -0.496 e. The number of rotatable bonds is 8. The van der Waals surface area contributed by atoms with E-state index in [2.05, 4.69) is 24.4 Å². The van der Waals surface area contributed by atoms with Gasteiger partial charge in [0.25, 0.3) is 5.91 Å². The van der Waals surface area contributed by atoms with Crippen LogP contribution in [0, 0.1) is 0 Å². The fraction of sp³-hybridized carbons (Fsp3) is 0.231. The number of nitrogens with one attached hydrogen (secondary N) is 1. The van der Waals surface area contributed by atoms with E-state index in [9.17, 15) is 4.79 Å². The van der Waals surface area contributed by atoms with Gasteiger partial charge < -0.3 is 14.8 Å².